The van der Waals surface area contributed by atoms with Crippen LogP contribution in [0.25, 0.3) is 0 Å². The van der Waals surface area contributed by atoms with Crippen LogP contribution in [0.2, 0.25) is 0 Å². The first-order valence-electron chi connectivity index (χ1n) is 8.64. The second-order valence-corrected chi connectivity index (χ2v) is 6.04. The maximum atomic E-state index is 12.1. The van der Waals surface area contributed by atoms with Crippen LogP contribution in [0, 0.1) is 0 Å². The number of hydrogen-bond acceptors (Lipinski definition) is 4. The number of ether oxygens (including phenoxy) is 2. The van der Waals surface area contributed by atoms with Gasteiger partial charge in [-0.1, -0.05) is 19.4 Å². The molecule has 1 aromatic rings. The number of carbonyl (C=O) groups is 1. The van der Waals surface area contributed by atoms with Crippen molar-refractivity contribution >= 4 is 6.03 Å². The molecular formula is C18H29N3O3. The molecule has 2 rings (SSSR count). The van der Waals surface area contributed by atoms with Gasteiger partial charge in [0.05, 0.1) is 14.2 Å². The summed E-state index contributed by atoms with van der Waals surface area (Å²) in [6.45, 7) is 7.05. The van der Waals surface area contributed by atoms with Crippen molar-refractivity contribution in [3.05, 3.63) is 23.8 Å². The number of urea groups is 1. The molecule has 1 heterocycles. The van der Waals surface area contributed by atoms with E-state index in [1.165, 1.54) is 5.56 Å². The maximum absolute atomic E-state index is 12.1. The molecule has 24 heavy (non-hydrogen) atoms. The molecule has 0 aromatic heterocycles. The van der Waals surface area contributed by atoms with Crippen molar-refractivity contribution in [3.63, 3.8) is 0 Å². The molecule has 0 unspecified atom stereocenters. The monoisotopic (exact) mass is 335 g/mol. The summed E-state index contributed by atoms with van der Waals surface area (Å²) in [6.07, 6.45) is 2.13. The minimum Gasteiger partial charge on any atom is -0.493 e. The van der Waals surface area contributed by atoms with Crippen molar-refractivity contribution in [2.75, 3.05) is 46.9 Å². The third kappa shape index (κ3) is 5.03. The Bertz CT molecular complexity index is 528. The van der Waals surface area contributed by atoms with Gasteiger partial charge in [-0.05, 0) is 24.1 Å². The number of rotatable bonds is 7. The van der Waals surface area contributed by atoms with E-state index in [4.69, 9.17) is 9.47 Å². The van der Waals surface area contributed by atoms with Gasteiger partial charge in [-0.25, -0.2) is 4.79 Å². The molecule has 6 heteroatoms. The van der Waals surface area contributed by atoms with Crippen LogP contribution < -0.4 is 14.8 Å². The Kier molecular flexibility index (Phi) is 7.18. The molecule has 0 aliphatic carbocycles. The maximum Gasteiger partial charge on any atom is 0.317 e. The van der Waals surface area contributed by atoms with Gasteiger partial charge in [0.2, 0.25) is 0 Å². The highest BCUT2D eigenvalue weighted by Gasteiger charge is 2.21. The Morgan fingerprint density at radius 3 is 2.46 bits per heavy atom. The number of carbonyl (C=O) groups excluding carboxylic acids is 1. The lowest BCUT2D eigenvalue weighted by Crippen LogP contribution is -2.51. The summed E-state index contributed by atoms with van der Waals surface area (Å²) in [5.41, 5.74) is 1.19. The van der Waals surface area contributed by atoms with Crippen LogP contribution in [-0.2, 0) is 6.54 Å². The first kappa shape index (κ1) is 18.4. The Labute approximate surface area is 144 Å². The minimum absolute atomic E-state index is 0.0641. The largest absolute Gasteiger partial charge is 0.493 e. The lowest BCUT2D eigenvalue weighted by atomic mass is 10.1. The number of nitrogens with zero attached hydrogens (tertiary/aromatic N) is 2. The normalized spacial score (nSPS) is 15.2. The van der Waals surface area contributed by atoms with E-state index in [1.807, 2.05) is 17.0 Å². The van der Waals surface area contributed by atoms with E-state index in [1.54, 1.807) is 14.2 Å². The fraction of sp³-hybridized carbons (Fsp3) is 0.611. The van der Waals surface area contributed by atoms with E-state index in [2.05, 4.69) is 23.2 Å². The summed E-state index contributed by atoms with van der Waals surface area (Å²) in [4.78, 5) is 16.3. The van der Waals surface area contributed by atoms with Crippen LogP contribution in [-0.4, -0.2) is 62.8 Å². The molecule has 0 saturated carbocycles. The zero-order valence-corrected chi connectivity index (χ0v) is 15.0. The SMILES string of the molecule is CCCCNC(=O)N1CCN(Cc2ccc(OC)c(OC)c2)CC1. The zero-order chi connectivity index (χ0) is 17.4. The first-order valence-corrected chi connectivity index (χ1v) is 8.64. The van der Waals surface area contributed by atoms with Gasteiger partial charge < -0.3 is 19.7 Å². The zero-order valence-electron chi connectivity index (χ0n) is 15.0. The van der Waals surface area contributed by atoms with E-state index >= 15 is 0 Å². The summed E-state index contributed by atoms with van der Waals surface area (Å²) in [6, 6.07) is 6.08. The molecule has 1 aromatic carbocycles. The number of amides is 2. The van der Waals surface area contributed by atoms with Gasteiger partial charge in [0.15, 0.2) is 11.5 Å². The predicted molar refractivity (Wildman–Crippen MR) is 94.7 cm³/mol. The van der Waals surface area contributed by atoms with Crippen LogP contribution in [0.5, 0.6) is 11.5 Å². The van der Waals surface area contributed by atoms with Crippen LogP contribution in [0.4, 0.5) is 4.79 Å². The summed E-state index contributed by atoms with van der Waals surface area (Å²) in [5, 5.41) is 2.98. The van der Waals surface area contributed by atoms with E-state index in [-0.39, 0.29) is 6.03 Å². The Balaban J connectivity index is 1.81. The molecule has 0 bridgehead atoms. The van der Waals surface area contributed by atoms with Gasteiger partial charge in [0, 0.05) is 39.3 Å². The van der Waals surface area contributed by atoms with Crippen molar-refractivity contribution in [2.24, 2.45) is 0 Å². The first-order chi connectivity index (χ1) is 11.7. The minimum atomic E-state index is 0.0641. The predicted octanol–water partition coefficient (Wildman–Crippen LogP) is 2.33. The fourth-order valence-corrected chi connectivity index (χ4v) is 2.83. The molecule has 0 atom stereocenters. The van der Waals surface area contributed by atoms with Gasteiger partial charge in [0.25, 0.3) is 0 Å². The lowest BCUT2D eigenvalue weighted by Gasteiger charge is -2.34. The summed E-state index contributed by atoms with van der Waals surface area (Å²) in [7, 11) is 3.29. The molecule has 6 nitrogen and oxygen atoms in total. The van der Waals surface area contributed by atoms with Gasteiger partial charge in [-0.2, -0.15) is 0 Å². The number of piperazine rings is 1. The highest BCUT2D eigenvalue weighted by molar-refractivity contribution is 5.74. The van der Waals surface area contributed by atoms with E-state index in [0.29, 0.717) is 0 Å². The molecule has 0 spiro atoms. The Morgan fingerprint density at radius 1 is 1.12 bits per heavy atom. The number of unbranched alkanes of at least 4 members (excludes halogenated alkanes) is 1. The third-order valence-electron chi connectivity index (χ3n) is 4.32. The van der Waals surface area contributed by atoms with E-state index < -0.39 is 0 Å². The molecule has 1 saturated heterocycles. The molecule has 0 radical (unpaired) electrons. The van der Waals surface area contributed by atoms with Crippen molar-refractivity contribution in [1.29, 1.82) is 0 Å². The molecule has 134 valence electrons. The number of benzene rings is 1. The fourth-order valence-electron chi connectivity index (χ4n) is 2.83. The summed E-state index contributed by atoms with van der Waals surface area (Å²) >= 11 is 0. The number of nitrogens with one attached hydrogen (secondary N) is 1. The van der Waals surface area contributed by atoms with Crippen molar-refractivity contribution in [2.45, 2.75) is 26.3 Å². The Morgan fingerprint density at radius 2 is 1.83 bits per heavy atom. The lowest BCUT2D eigenvalue weighted by molar-refractivity contribution is 0.135. The summed E-state index contributed by atoms with van der Waals surface area (Å²) < 4.78 is 10.6. The van der Waals surface area contributed by atoms with Gasteiger partial charge in [-0.15, -0.1) is 0 Å². The highest BCUT2D eigenvalue weighted by Crippen LogP contribution is 2.28. The van der Waals surface area contributed by atoms with E-state index in [9.17, 15) is 4.79 Å². The average Bonchev–Trinajstić information content (AvgIpc) is 2.62. The van der Waals surface area contributed by atoms with Crippen LogP contribution in [0.1, 0.15) is 25.3 Å². The van der Waals surface area contributed by atoms with Gasteiger partial charge >= 0.3 is 6.03 Å². The van der Waals surface area contributed by atoms with Gasteiger partial charge in [-0.3, -0.25) is 4.90 Å². The van der Waals surface area contributed by atoms with Crippen molar-refractivity contribution in [3.8, 4) is 11.5 Å². The van der Waals surface area contributed by atoms with Crippen molar-refractivity contribution in [1.82, 2.24) is 15.1 Å². The topological polar surface area (TPSA) is 54.0 Å². The van der Waals surface area contributed by atoms with Crippen LogP contribution >= 0.6 is 0 Å². The second kappa shape index (κ2) is 9.37. The smallest absolute Gasteiger partial charge is 0.317 e. The standard InChI is InChI=1S/C18H29N3O3/c1-4-5-8-19-18(22)21-11-9-20(10-12-21)14-15-6-7-16(23-2)17(13-15)24-3/h6-7,13H,4-5,8-12,14H2,1-3H3,(H,19,22). The highest BCUT2D eigenvalue weighted by atomic mass is 16.5. The molecule has 1 fully saturated rings. The molecule has 1 aliphatic rings. The third-order valence-corrected chi connectivity index (χ3v) is 4.32. The second-order valence-electron chi connectivity index (χ2n) is 6.04. The summed E-state index contributed by atoms with van der Waals surface area (Å²) in [5.74, 6) is 1.50. The Hall–Kier alpha value is -1.95. The quantitative estimate of drug-likeness (QED) is 0.777. The molecule has 2 amide bonds. The van der Waals surface area contributed by atoms with Crippen LogP contribution in [0.3, 0.4) is 0 Å². The number of methoxy groups -OCH3 is 2. The molecule has 1 N–H and O–H groups in total. The van der Waals surface area contributed by atoms with Crippen molar-refractivity contribution < 1.29 is 14.3 Å². The number of hydrogen-bond donors (Lipinski definition) is 1. The molecular weight excluding hydrogens is 306 g/mol. The average molecular weight is 335 g/mol. The molecule has 1 aliphatic heterocycles. The van der Waals surface area contributed by atoms with Crippen LogP contribution in [0.15, 0.2) is 18.2 Å². The van der Waals surface area contributed by atoms with E-state index in [0.717, 1.165) is 63.6 Å². The van der Waals surface area contributed by atoms with Gasteiger partial charge in [0.1, 0.15) is 0 Å².